The summed E-state index contributed by atoms with van der Waals surface area (Å²) in [6.45, 7) is 0. The van der Waals surface area contributed by atoms with E-state index < -0.39 is 0 Å². The minimum absolute atomic E-state index is 1.27. The first-order valence-electron chi connectivity index (χ1n) is 14.6. The van der Waals surface area contributed by atoms with E-state index in [0.29, 0.717) is 0 Å². The van der Waals surface area contributed by atoms with E-state index in [1.54, 1.807) is 0 Å². The molecule has 0 amide bonds. The third kappa shape index (κ3) is 3.30. The number of rotatable bonds is 2. The van der Waals surface area contributed by atoms with E-state index in [1.165, 1.54) is 86.9 Å². The molecule has 0 aliphatic carbocycles. The van der Waals surface area contributed by atoms with Crippen molar-refractivity contribution in [1.82, 2.24) is 0 Å². The van der Waals surface area contributed by atoms with Crippen LogP contribution in [0.25, 0.3) is 86.9 Å². The second kappa shape index (κ2) is 9.03. The van der Waals surface area contributed by atoms with Gasteiger partial charge in [-0.25, -0.2) is 0 Å². The zero-order valence-electron chi connectivity index (χ0n) is 23.0. The average molecular weight is 531 g/mol. The molecule has 0 saturated carbocycles. The van der Waals surface area contributed by atoms with Crippen molar-refractivity contribution in [3.63, 3.8) is 0 Å². The normalized spacial score (nSPS) is 11.8. The predicted molar refractivity (Wildman–Crippen MR) is 182 cm³/mol. The summed E-state index contributed by atoms with van der Waals surface area (Å²) < 4.78 is 0. The highest BCUT2D eigenvalue weighted by Gasteiger charge is 2.20. The molecule has 0 bridgehead atoms. The van der Waals surface area contributed by atoms with Gasteiger partial charge in [0.25, 0.3) is 0 Å². The molecule has 0 N–H and O–H groups in total. The fourth-order valence-electron chi connectivity index (χ4n) is 7.23. The van der Waals surface area contributed by atoms with Gasteiger partial charge >= 0.3 is 0 Å². The maximum absolute atomic E-state index is 2.40. The van der Waals surface area contributed by atoms with Gasteiger partial charge in [0.1, 0.15) is 0 Å². The lowest BCUT2D eigenvalue weighted by Gasteiger charge is -2.21. The van der Waals surface area contributed by atoms with Gasteiger partial charge in [-0.05, 0) is 99.0 Å². The molecular weight excluding hydrogens is 504 g/mol. The summed E-state index contributed by atoms with van der Waals surface area (Å²) in [5, 5.41) is 15.4. The van der Waals surface area contributed by atoms with Crippen LogP contribution in [-0.4, -0.2) is 0 Å². The molecule has 0 aliphatic heterocycles. The van der Waals surface area contributed by atoms with Gasteiger partial charge in [-0.3, -0.25) is 0 Å². The van der Waals surface area contributed by atoms with Gasteiger partial charge < -0.3 is 0 Å². The van der Waals surface area contributed by atoms with Crippen LogP contribution in [0.2, 0.25) is 0 Å². The van der Waals surface area contributed by atoms with Crippen molar-refractivity contribution in [1.29, 1.82) is 0 Å². The maximum Gasteiger partial charge on any atom is -0.00199 e. The molecule has 0 fully saturated rings. The standard InChI is InChI=1S/C42H26/c1-3-15-29-27(13-1)25-39(33-19-7-5-17-31(29)33)41-35-21-9-11-23-37(35)42(38-24-12-10-22-36(38)41)40-26-28-14-2-4-16-30(28)32-18-6-8-20-34(32)40/h1-26H. The smallest absolute Gasteiger partial charge is 0.00199 e. The number of fused-ring (bicyclic) bond motifs is 8. The Labute approximate surface area is 244 Å². The highest BCUT2D eigenvalue weighted by atomic mass is 14.2. The lowest BCUT2D eigenvalue weighted by molar-refractivity contribution is 1.70. The van der Waals surface area contributed by atoms with Crippen LogP contribution in [-0.2, 0) is 0 Å². The zero-order chi connectivity index (χ0) is 27.6. The second-order valence-corrected chi connectivity index (χ2v) is 11.2. The quantitative estimate of drug-likeness (QED) is 0.154. The van der Waals surface area contributed by atoms with Crippen molar-refractivity contribution in [2.75, 3.05) is 0 Å². The van der Waals surface area contributed by atoms with Gasteiger partial charge in [-0.1, -0.05) is 146 Å². The van der Waals surface area contributed by atoms with Crippen LogP contribution >= 0.6 is 0 Å². The Morgan fingerprint density at radius 2 is 0.476 bits per heavy atom. The lowest BCUT2D eigenvalue weighted by atomic mass is 9.82. The molecule has 194 valence electrons. The summed E-state index contributed by atoms with van der Waals surface area (Å²) in [4.78, 5) is 0. The van der Waals surface area contributed by atoms with Gasteiger partial charge in [0.2, 0.25) is 0 Å². The Kier molecular flexibility index (Phi) is 5.00. The molecule has 0 spiro atoms. The van der Waals surface area contributed by atoms with Gasteiger partial charge in [-0.15, -0.1) is 0 Å². The van der Waals surface area contributed by atoms with Crippen molar-refractivity contribution in [3.8, 4) is 22.3 Å². The molecule has 0 aliphatic rings. The molecule has 0 atom stereocenters. The Balaban J connectivity index is 1.49. The van der Waals surface area contributed by atoms with Crippen molar-refractivity contribution in [2.24, 2.45) is 0 Å². The monoisotopic (exact) mass is 530 g/mol. The Hall–Kier alpha value is -5.46. The summed E-state index contributed by atoms with van der Waals surface area (Å²) in [5.41, 5.74) is 5.17. The van der Waals surface area contributed by atoms with E-state index in [9.17, 15) is 0 Å². The fraction of sp³-hybridized carbons (Fsp3) is 0. The predicted octanol–water partition coefficient (Wildman–Crippen LogP) is 11.9. The second-order valence-electron chi connectivity index (χ2n) is 11.2. The zero-order valence-corrected chi connectivity index (χ0v) is 23.0. The fourth-order valence-corrected chi connectivity index (χ4v) is 7.23. The van der Waals surface area contributed by atoms with E-state index in [-0.39, 0.29) is 0 Å². The van der Waals surface area contributed by atoms with Crippen LogP contribution in [0.3, 0.4) is 0 Å². The van der Waals surface area contributed by atoms with E-state index >= 15 is 0 Å². The van der Waals surface area contributed by atoms with Crippen LogP contribution < -0.4 is 0 Å². The van der Waals surface area contributed by atoms with Crippen LogP contribution in [0, 0.1) is 0 Å². The Morgan fingerprint density at radius 3 is 0.833 bits per heavy atom. The molecule has 9 aromatic carbocycles. The molecule has 0 unspecified atom stereocenters. The molecule has 0 nitrogen and oxygen atoms in total. The number of hydrogen-bond donors (Lipinski definition) is 0. The van der Waals surface area contributed by atoms with E-state index in [2.05, 4.69) is 158 Å². The van der Waals surface area contributed by atoms with Crippen molar-refractivity contribution in [3.05, 3.63) is 158 Å². The van der Waals surface area contributed by atoms with Crippen LogP contribution in [0.1, 0.15) is 0 Å². The first kappa shape index (κ1) is 23.3. The highest BCUT2D eigenvalue weighted by molar-refractivity contribution is 6.28. The molecule has 0 saturated heterocycles. The molecule has 42 heavy (non-hydrogen) atoms. The first-order valence-corrected chi connectivity index (χ1v) is 14.6. The first-order chi connectivity index (χ1) is 20.9. The maximum atomic E-state index is 2.40. The van der Waals surface area contributed by atoms with E-state index in [4.69, 9.17) is 0 Å². The van der Waals surface area contributed by atoms with Gasteiger partial charge in [-0.2, -0.15) is 0 Å². The minimum Gasteiger partial charge on any atom is -0.0616 e. The Bertz CT molecular complexity index is 2280. The van der Waals surface area contributed by atoms with Crippen LogP contribution in [0.15, 0.2) is 158 Å². The molecular formula is C42H26. The van der Waals surface area contributed by atoms with Crippen LogP contribution in [0.4, 0.5) is 0 Å². The van der Waals surface area contributed by atoms with Gasteiger partial charge in [0.05, 0.1) is 0 Å². The summed E-state index contributed by atoms with van der Waals surface area (Å²) in [6.07, 6.45) is 0. The summed E-state index contributed by atoms with van der Waals surface area (Å²) in [5.74, 6) is 0. The largest absolute Gasteiger partial charge is 0.0616 e. The van der Waals surface area contributed by atoms with Crippen molar-refractivity contribution < 1.29 is 0 Å². The summed E-state index contributed by atoms with van der Waals surface area (Å²) in [6, 6.07) is 58.1. The van der Waals surface area contributed by atoms with Crippen LogP contribution in [0.5, 0.6) is 0 Å². The molecule has 0 radical (unpaired) electrons. The van der Waals surface area contributed by atoms with Crippen molar-refractivity contribution in [2.45, 2.75) is 0 Å². The minimum atomic E-state index is 1.27. The van der Waals surface area contributed by atoms with E-state index in [0.717, 1.165) is 0 Å². The number of benzene rings is 9. The lowest BCUT2D eigenvalue weighted by Crippen LogP contribution is -1.93. The average Bonchev–Trinajstić information content (AvgIpc) is 3.06. The van der Waals surface area contributed by atoms with Crippen molar-refractivity contribution >= 4 is 64.6 Å². The molecule has 9 rings (SSSR count). The number of hydrogen-bond acceptors (Lipinski definition) is 0. The highest BCUT2D eigenvalue weighted by Crippen LogP contribution is 2.48. The molecule has 0 heteroatoms. The topological polar surface area (TPSA) is 0 Å². The third-order valence-electron chi connectivity index (χ3n) is 9.01. The summed E-state index contributed by atoms with van der Waals surface area (Å²) >= 11 is 0. The van der Waals surface area contributed by atoms with E-state index in [1.807, 2.05) is 0 Å². The molecule has 0 aromatic heterocycles. The van der Waals surface area contributed by atoms with Gasteiger partial charge in [0, 0.05) is 0 Å². The third-order valence-corrected chi connectivity index (χ3v) is 9.01. The molecule has 0 heterocycles. The molecule has 9 aromatic rings. The summed E-state index contributed by atoms with van der Waals surface area (Å²) in [7, 11) is 0. The SMILES string of the molecule is c1ccc2c(c1)cc(-c1c3ccccc3c(-c3cc4ccccc4c4ccccc34)c3ccccc13)c1ccccc12. The van der Waals surface area contributed by atoms with Gasteiger partial charge in [0.15, 0.2) is 0 Å². The Morgan fingerprint density at radius 1 is 0.214 bits per heavy atom.